The number of carbonyl (C=O) groups excluding carboxylic acids is 1. The van der Waals surface area contributed by atoms with E-state index < -0.39 is 0 Å². The van der Waals surface area contributed by atoms with Crippen molar-refractivity contribution in [3.05, 3.63) is 41.1 Å². The molecule has 0 saturated carbocycles. The van der Waals surface area contributed by atoms with E-state index in [-0.39, 0.29) is 11.8 Å². The Morgan fingerprint density at radius 2 is 2.21 bits per heavy atom. The maximum absolute atomic E-state index is 12.0. The van der Waals surface area contributed by atoms with Crippen LogP contribution in [0.3, 0.4) is 0 Å². The van der Waals surface area contributed by atoms with E-state index in [4.69, 9.17) is 11.6 Å². The van der Waals surface area contributed by atoms with E-state index >= 15 is 0 Å². The SMILES string of the molecule is O=C1CC(CCl)CN1c1cccc(-c2ccsc2)c1. The summed E-state index contributed by atoms with van der Waals surface area (Å²) in [6.07, 6.45) is 0.562. The molecule has 1 aliphatic rings. The number of hydrogen-bond donors (Lipinski definition) is 0. The van der Waals surface area contributed by atoms with Crippen molar-refractivity contribution in [3.63, 3.8) is 0 Å². The number of benzene rings is 1. The van der Waals surface area contributed by atoms with Crippen LogP contribution < -0.4 is 4.90 Å². The Balaban J connectivity index is 1.90. The molecule has 0 N–H and O–H groups in total. The molecule has 2 heterocycles. The minimum absolute atomic E-state index is 0.174. The molecule has 1 saturated heterocycles. The van der Waals surface area contributed by atoms with Crippen LogP contribution in [0, 0.1) is 5.92 Å². The molecule has 0 aliphatic carbocycles. The second-order valence-electron chi connectivity index (χ2n) is 4.79. The van der Waals surface area contributed by atoms with E-state index in [1.807, 2.05) is 17.0 Å². The number of carbonyl (C=O) groups is 1. The van der Waals surface area contributed by atoms with Crippen LogP contribution in [-0.4, -0.2) is 18.3 Å². The van der Waals surface area contributed by atoms with Gasteiger partial charge in [-0.3, -0.25) is 4.79 Å². The third kappa shape index (κ3) is 2.53. The van der Waals surface area contributed by atoms with E-state index in [0.29, 0.717) is 12.3 Å². The number of halogens is 1. The average molecular weight is 292 g/mol. The van der Waals surface area contributed by atoms with Crippen LogP contribution >= 0.6 is 22.9 Å². The summed E-state index contributed by atoms with van der Waals surface area (Å²) < 4.78 is 0. The van der Waals surface area contributed by atoms with Gasteiger partial charge < -0.3 is 4.90 Å². The molecule has 19 heavy (non-hydrogen) atoms. The Labute approximate surface area is 121 Å². The molecule has 1 unspecified atom stereocenters. The molecule has 1 fully saturated rings. The Morgan fingerprint density at radius 1 is 1.32 bits per heavy atom. The van der Waals surface area contributed by atoms with Gasteiger partial charge in [-0.1, -0.05) is 12.1 Å². The standard InChI is InChI=1S/C15H14ClNOS/c16-8-11-6-15(18)17(9-11)14-3-1-2-12(7-14)13-4-5-19-10-13/h1-5,7,10-11H,6,8-9H2. The highest BCUT2D eigenvalue weighted by atomic mass is 35.5. The first-order chi connectivity index (χ1) is 9.28. The summed E-state index contributed by atoms with van der Waals surface area (Å²) in [5, 5.41) is 4.18. The van der Waals surface area contributed by atoms with Crippen molar-refractivity contribution in [1.29, 1.82) is 0 Å². The number of alkyl halides is 1. The molecule has 3 rings (SSSR count). The van der Waals surface area contributed by atoms with Gasteiger partial charge in [0.1, 0.15) is 0 Å². The minimum atomic E-state index is 0.174. The first-order valence-corrected chi connectivity index (χ1v) is 7.74. The van der Waals surface area contributed by atoms with Gasteiger partial charge in [0.25, 0.3) is 0 Å². The van der Waals surface area contributed by atoms with Crippen LogP contribution in [0.15, 0.2) is 41.1 Å². The molecule has 2 aromatic rings. The lowest BCUT2D eigenvalue weighted by molar-refractivity contribution is -0.117. The largest absolute Gasteiger partial charge is 0.312 e. The summed E-state index contributed by atoms with van der Waals surface area (Å²) in [6, 6.07) is 10.2. The van der Waals surface area contributed by atoms with Crippen molar-refractivity contribution in [3.8, 4) is 11.1 Å². The lowest BCUT2D eigenvalue weighted by Crippen LogP contribution is -2.24. The van der Waals surface area contributed by atoms with E-state index in [0.717, 1.165) is 17.8 Å². The highest BCUT2D eigenvalue weighted by Gasteiger charge is 2.29. The predicted molar refractivity (Wildman–Crippen MR) is 80.9 cm³/mol. The summed E-state index contributed by atoms with van der Waals surface area (Å²) in [7, 11) is 0. The monoisotopic (exact) mass is 291 g/mol. The highest BCUT2D eigenvalue weighted by Crippen LogP contribution is 2.30. The molecule has 98 valence electrons. The quantitative estimate of drug-likeness (QED) is 0.783. The molecule has 1 atom stereocenters. The van der Waals surface area contributed by atoms with E-state index in [9.17, 15) is 4.79 Å². The van der Waals surface area contributed by atoms with Gasteiger partial charge in [0.05, 0.1) is 0 Å². The molecule has 2 nitrogen and oxygen atoms in total. The molecule has 0 bridgehead atoms. The summed E-state index contributed by atoms with van der Waals surface area (Å²) in [4.78, 5) is 13.9. The van der Waals surface area contributed by atoms with Gasteiger partial charge >= 0.3 is 0 Å². The maximum Gasteiger partial charge on any atom is 0.227 e. The second-order valence-corrected chi connectivity index (χ2v) is 5.88. The molecule has 1 amide bonds. The van der Waals surface area contributed by atoms with Crippen LogP contribution in [0.5, 0.6) is 0 Å². The number of nitrogens with zero attached hydrogens (tertiary/aromatic N) is 1. The van der Waals surface area contributed by atoms with Crippen LogP contribution in [-0.2, 0) is 4.79 Å². The zero-order valence-corrected chi connectivity index (χ0v) is 12.0. The second kappa shape index (κ2) is 5.35. The molecule has 4 heteroatoms. The minimum Gasteiger partial charge on any atom is -0.312 e. The smallest absolute Gasteiger partial charge is 0.227 e. The Morgan fingerprint density at radius 3 is 2.89 bits per heavy atom. The Kier molecular flexibility index (Phi) is 3.58. The highest BCUT2D eigenvalue weighted by molar-refractivity contribution is 7.08. The van der Waals surface area contributed by atoms with Crippen LogP contribution in [0.4, 0.5) is 5.69 Å². The van der Waals surface area contributed by atoms with Gasteiger partial charge in [-0.2, -0.15) is 11.3 Å². The normalized spacial score (nSPS) is 19.1. The fraction of sp³-hybridized carbons (Fsp3) is 0.267. The first kappa shape index (κ1) is 12.7. The zero-order chi connectivity index (χ0) is 13.2. The molecule has 1 aromatic carbocycles. The molecular formula is C15H14ClNOS. The molecule has 0 spiro atoms. The molecular weight excluding hydrogens is 278 g/mol. The number of hydrogen-bond acceptors (Lipinski definition) is 2. The number of anilines is 1. The van der Waals surface area contributed by atoms with Crippen molar-refractivity contribution >= 4 is 34.5 Å². The average Bonchev–Trinajstić information content (AvgIpc) is 3.08. The van der Waals surface area contributed by atoms with Crippen molar-refractivity contribution < 1.29 is 4.79 Å². The van der Waals surface area contributed by atoms with E-state index in [1.54, 1.807) is 11.3 Å². The van der Waals surface area contributed by atoms with Gasteiger partial charge in [0.2, 0.25) is 5.91 Å². The van der Waals surface area contributed by atoms with Crippen molar-refractivity contribution in [2.75, 3.05) is 17.3 Å². The Hall–Kier alpha value is -1.32. The summed E-state index contributed by atoms with van der Waals surface area (Å²) >= 11 is 7.54. The lowest BCUT2D eigenvalue weighted by Gasteiger charge is -2.17. The van der Waals surface area contributed by atoms with Gasteiger partial charge in [-0.25, -0.2) is 0 Å². The maximum atomic E-state index is 12.0. The molecule has 0 radical (unpaired) electrons. The molecule has 1 aromatic heterocycles. The fourth-order valence-corrected chi connectivity index (χ4v) is 3.29. The zero-order valence-electron chi connectivity index (χ0n) is 10.4. The van der Waals surface area contributed by atoms with Crippen LogP contribution in [0.25, 0.3) is 11.1 Å². The van der Waals surface area contributed by atoms with Crippen molar-refractivity contribution in [2.45, 2.75) is 6.42 Å². The summed E-state index contributed by atoms with van der Waals surface area (Å²) in [6.45, 7) is 0.732. The van der Waals surface area contributed by atoms with Gasteiger partial charge in [0, 0.05) is 24.5 Å². The summed E-state index contributed by atoms with van der Waals surface area (Å²) in [5.41, 5.74) is 3.33. The van der Waals surface area contributed by atoms with Gasteiger partial charge in [-0.15, -0.1) is 11.6 Å². The third-order valence-electron chi connectivity index (χ3n) is 3.44. The predicted octanol–water partition coefficient (Wildman–Crippen LogP) is 4.01. The number of amides is 1. The van der Waals surface area contributed by atoms with E-state index in [2.05, 4.69) is 29.0 Å². The van der Waals surface area contributed by atoms with Crippen molar-refractivity contribution in [2.24, 2.45) is 5.92 Å². The molecule has 1 aliphatic heterocycles. The summed E-state index contributed by atoms with van der Waals surface area (Å²) in [5.74, 6) is 0.999. The fourth-order valence-electron chi connectivity index (χ4n) is 2.42. The first-order valence-electron chi connectivity index (χ1n) is 6.27. The lowest BCUT2D eigenvalue weighted by atomic mass is 10.1. The Bertz CT molecular complexity index is 582. The van der Waals surface area contributed by atoms with Crippen LogP contribution in [0.1, 0.15) is 6.42 Å². The third-order valence-corrected chi connectivity index (χ3v) is 4.56. The van der Waals surface area contributed by atoms with Crippen LogP contribution in [0.2, 0.25) is 0 Å². The van der Waals surface area contributed by atoms with Gasteiger partial charge in [0.15, 0.2) is 0 Å². The number of thiophene rings is 1. The van der Waals surface area contributed by atoms with Gasteiger partial charge in [-0.05, 0) is 46.0 Å². The van der Waals surface area contributed by atoms with E-state index in [1.165, 1.54) is 5.56 Å². The number of rotatable bonds is 3. The topological polar surface area (TPSA) is 20.3 Å². The van der Waals surface area contributed by atoms with Crippen molar-refractivity contribution in [1.82, 2.24) is 0 Å².